The molecule has 0 unspecified atom stereocenters. The summed E-state index contributed by atoms with van der Waals surface area (Å²) in [6, 6.07) is 0. The van der Waals surface area contributed by atoms with Crippen LogP contribution in [0.2, 0.25) is 0 Å². The maximum Gasteiger partial charge on any atom is 0.256 e. The second-order valence-corrected chi connectivity index (χ2v) is 2.12. The molecule has 0 aliphatic carbocycles. The van der Waals surface area contributed by atoms with Crippen molar-refractivity contribution in [2.24, 2.45) is 0 Å². The van der Waals surface area contributed by atoms with Crippen molar-refractivity contribution in [3.8, 4) is 0 Å². The van der Waals surface area contributed by atoms with Gasteiger partial charge in [0.15, 0.2) is 0 Å². The second kappa shape index (κ2) is 3.05. The fourth-order valence-corrected chi connectivity index (χ4v) is 0.669. The minimum atomic E-state index is 0.0425. The van der Waals surface area contributed by atoms with E-state index in [1.54, 1.807) is 11.1 Å². The highest BCUT2D eigenvalue weighted by molar-refractivity contribution is 5.19. The Kier molecular flexibility index (Phi) is 2.10. The standard InChI is InChI=1S/C6H10N4O/c1-3-4-9(2)10-5-6(7)11-8-10/h3,5,7H,1,4H2,2H3. The van der Waals surface area contributed by atoms with Crippen LogP contribution in [0.25, 0.3) is 5.73 Å². The largest absolute Gasteiger partial charge is 0.660 e. The first-order valence-corrected chi connectivity index (χ1v) is 3.16. The van der Waals surface area contributed by atoms with Gasteiger partial charge in [-0.3, -0.25) is 0 Å². The third-order valence-electron chi connectivity index (χ3n) is 1.20. The third-order valence-corrected chi connectivity index (χ3v) is 1.20. The summed E-state index contributed by atoms with van der Waals surface area (Å²) < 4.78 is 4.54. The Hall–Kier alpha value is -1.52. The highest BCUT2D eigenvalue weighted by Crippen LogP contribution is 2.00. The zero-order valence-corrected chi connectivity index (χ0v) is 6.32. The van der Waals surface area contributed by atoms with Gasteiger partial charge in [-0.1, -0.05) is 6.08 Å². The molecular formula is C6H10N4O. The molecule has 0 amide bonds. The van der Waals surface area contributed by atoms with E-state index >= 15 is 0 Å². The molecule has 0 saturated carbocycles. The van der Waals surface area contributed by atoms with E-state index in [0.29, 0.717) is 6.54 Å². The molecule has 0 atom stereocenters. The summed E-state index contributed by atoms with van der Waals surface area (Å²) >= 11 is 0. The van der Waals surface area contributed by atoms with Gasteiger partial charge in [0.2, 0.25) is 5.27 Å². The summed E-state index contributed by atoms with van der Waals surface area (Å²) in [5.74, 6) is 0.0425. The zero-order valence-electron chi connectivity index (χ0n) is 6.32. The van der Waals surface area contributed by atoms with Crippen molar-refractivity contribution in [3.63, 3.8) is 0 Å². The van der Waals surface area contributed by atoms with Gasteiger partial charge < -0.3 is 10.3 Å². The summed E-state index contributed by atoms with van der Waals surface area (Å²) in [5, 5.41) is 5.33. The number of rotatable bonds is 3. The lowest BCUT2D eigenvalue weighted by atomic mass is 10.6. The quantitative estimate of drug-likeness (QED) is 0.467. The van der Waals surface area contributed by atoms with E-state index < -0.39 is 0 Å². The van der Waals surface area contributed by atoms with E-state index in [2.05, 4.69) is 16.4 Å². The molecule has 0 spiro atoms. The Morgan fingerprint density at radius 1 is 2.00 bits per heavy atom. The van der Waals surface area contributed by atoms with Crippen LogP contribution in [-0.2, 0) is 0 Å². The minimum absolute atomic E-state index is 0.0425. The zero-order chi connectivity index (χ0) is 8.27. The molecule has 1 heterocycles. The van der Waals surface area contributed by atoms with E-state index in [4.69, 9.17) is 5.73 Å². The molecule has 0 saturated heterocycles. The van der Waals surface area contributed by atoms with Crippen molar-refractivity contribution in [1.82, 2.24) is 5.27 Å². The van der Waals surface area contributed by atoms with Crippen LogP contribution < -0.4 is 9.80 Å². The molecule has 0 aliphatic heterocycles. The van der Waals surface area contributed by atoms with Gasteiger partial charge in [0.1, 0.15) is 5.88 Å². The average molecular weight is 154 g/mol. The summed E-state index contributed by atoms with van der Waals surface area (Å²) in [4.78, 5) is 1.45. The lowest BCUT2D eigenvalue weighted by Gasteiger charge is -2.01. The lowest BCUT2D eigenvalue weighted by molar-refractivity contribution is -0.755. The number of nitrogens with one attached hydrogen (secondary N) is 1. The van der Waals surface area contributed by atoms with Crippen molar-refractivity contribution in [2.75, 3.05) is 18.6 Å². The fourth-order valence-electron chi connectivity index (χ4n) is 0.669. The molecule has 0 fully saturated rings. The first-order valence-electron chi connectivity index (χ1n) is 3.16. The second-order valence-electron chi connectivity index (χ2n) is 2.12. The Morgan fingerprint density at radius 3 is 3.18 bits per heavy atom. The van der Waals surface area contributed by atoms with Crippen LogP contribution >= 0.6 is 0 Å². The van der Waals surface area contributed by atoms with E-state index in [-0.39, 0.29) is 5.88 Å². The van der Waals surface area contributed by atoms with Crippen molar-refractivity contribution in [2.45, 2.75) is 0 Å². The van der Waals surface area contributed by atoms with Crippen LogP contribution in [0.1, 0.15) is 0 Å². The van der Waals surface area contributed by atoms with Gasteiger partial charge in [-0.25, -0.2) is 0 Å². The van der Waals surface area contributed by atoms with Crippen LogP contribution in [0.3, 0.4) is 0 Å². The van der Waals surface area contributed by atoms with E-state index in [1.807, 2.05) is 7.05 Å². The van der Waals surface area contributed by atoms with Crippen LogP contribution in [0.4, 0.5) is 5.88 Å². The molecule has 1 aromatic heterocycles. The smallest absolute Gasteiger partial charge is 0.256 e. The van der Waals surface area contributed by atoms with E-state index in [9.17, 15) is 0 Å². The SMILES string of the molecule is C=CCN(C)[n+]1cc([NH-])on1. The Balaban J connectivity index is 2.67. The monoisotopic (exact) mass is 154 g/mol. The number of hydrogen-bond acceptors (Lipinski definition) is 3. The summed E-state index contributed by atoms with van der Waals surface area (Å²) in [6.07, 6.45) is 3.22. The van der Waals surface area contributed by atoms with Gasteiger partial charge in [-0.05, 0) is 0 Å². The van der Waals surface area contributed by atoms with Gasteiger partial charge in [0.25, 0.3) is 6.20 Å². The van der Waals surface area contributed by atoms with Crippen LogP contribution in [0.15, 0.2) is 23.4 Å². The summed E-state index contributed by atoms with van der Waals surface area (Å²) in [5.41, 5.74) is 7.04. The average Bonchev–Trinajstić information content (AvgIpc) is 2.36. The number of likely N-dealkylation sites (N-methyl/N-ethyl adjacent to an activating group) is 1. The van der Waals surface area contributed by atoms with Gasteiger partial charge in [-0.15, -0.1) is 6.58 Å². The first-order chi connectivity index (χ1) is 5.24. The maximum atomic E-state index is 7.04. The topological polar surface area (TPSA) is 57.0 Å². The molecule has 60 valence electrons. The molecule has 11 heavy (non-hydrogen) atoms. The first kappa shape index (κ1) is 7.59. The van der Waals surface area contributed by atoms with Crippen LogP contribution in [0, 0.1) is 0 Å². The highest BCUT2D eigenvalue weighted by Gasteiger charge is 2.09. The molecular weight excluding hydrogens is 144 g/mol. The Labute approximate surface area is 64.6 Å². The Morgan fingerprint density at radius 2 is 2.73 bits per heavy atom. The summed E-state index contributed by atoms with van der Waals surface area (Å²) in [7, 11) is 1.82. The van der Waals surface area contributed by atoms with Gasteiger partial charge in [0.05, 0.1) is 18.4 Å². The number of nitrogens with zero attached hydrogens (tertiary/aromatic N) is 3. The van der Waals surface area contributed by atoms with E-state index in [0.717, 1.165) is 0 Å². The maximum absolute atomic E-state index is 7.04. The normalized spacial score (nSPS) is 9.55. The molecule has 5 nitrogen and oxygen atoms in total. The predicted octanol–water partition coefficient (Wildman–Crippen LogP) is 0.400. The van der Waals surface area contributed by atoms with Crippen molar-refractivity contribution < 1.29 is 9.31 Å². The van der Waals surface area contributed by atoms with Crippen LogP contribution in [0.5, 0.6) is 0 Å². The fraction of sp³-hybridized carbons (Fsp3) is 0.333. The molecule has 1 rings (SSSR count). The van der Waals surface area contributed by atoms with Crippen molar-refractivity contribution in [1.29, 1.82) is 0 Å². The lowest BCUT2D eigenvalue weighted by Crippen LogP contribution is -2.56. The molecule has 0 aliphatic rings. The minimum Gasteiger partial charge on any atom is -0.660 e. The van der Waals surface area contributed by atoms with Gasteiger partial charge in [0, 0.05) is 0 Å². The number of hydrogen-bond donors (Lipinski definition) is 0. The Bertz CT molecular complexity index is 244. The predicted molar refractivity (Wildman–Crippen MR) is 39.9 cm³/mol. The molecule has 5 heteroatoms. The van der Waals surface area contributed by atoms with Gasteiger partial charge >= 0.3 is 0 Å². The van der Waals surface area contributed by atoms with Gasteiger partial charge in [-0.2, -0.15) is 5.01 Å². The van der Waals surface area contributed by atoms with Crippen LogP contribution in [-0.4, -0.2) is 18.9 Å². The summed E-state index contributed by atoms with van der Waals surface area (Å²) in [6.45, 7) is 4.24. The molecule has 0 radical (unpaired) electrons. The molecule has 1 N–H and O–H groups in total. The van der Waals surface area contributed by atoms with E-state index in [1.165, 1.54) is 11.0 Å². The molecule has 0 bridgehead atoms. The molecule has 0 aromatic carbocycles. The number of aromatic nitrogens is 2. The van der Waals surface area contributed by atoms with Crippen molar-refractivity contribution >= 4 is 5.88 Å². The molecule has 1 aromatic rings. The highest BCUT2D eigenvalue weighted by atomic mass is 16.5. The third kappa shape index (κ3) is 1.70. The van der Waals surface area contributed by atoms with Crippen molar-refractivity contribution in [3.05, 3.63) is 24.6 Å².